The second-order valence-electron chi connectivity index (χ2n) is 4.53. The van der Waals surface area contributed by atoms with Crippen LogP contribution in [0.4, 0.5) is 0 Å². The number of nitrogens with zero attached hydrogens (tertiary/aromatic N) is 2. The van der Waals surface area contributed by atoms with Gasteiger partial charge in [-0.3, -0.25) is 4.90 Å². The molecule has 0 aromatic rings. The second kappa shape index (κ2) is 4.94. The van der Waals surface area contributed by atoms with E-state index >= 15 is 0 Å². The molecule has 1 aliphatic rings. The molecule has 0 radical (unpaired) electrons. The first-order chi connectivity index (χ1) is 6.09. The minimum absolute atomic E-state index is 0.308. The quantitative estimate of drug-likeness (QED) is 0.686. The Kier molecular flexibility index (Phi) is 4.16. The van der Waals surface area contributed by atoms with E-state index in [9.17, 15) is 0 Å². The van der Waals surface area contributed by atoms with E-state index in [0.717, 1.165) is 12.6 Å². The number of likely N-dealkylation sites (tertiary alicyclic amines) is 1. The van der Waals surface area contributed by atoms with E-state index in [1.807, 2.05) is 0 Å². The first kappa shape index (κ1) is 11.0. The highest BCUT2D eigenvalue weighted by atomic mass is 15.2. The fourth-order valence-corrected chi connectivity index (χ4v) is 2.13. The maximum absolute atomic E-state index is 5.81. The van der Waals surface area contributed by atoms with Crippen LogP contribution in [0.1, 0.15) is 19.8 Å². The molecule has 1 rings (SSSR count). The lowest BCUT2D eigenvalue weighted by molar-refractivity contribution is 0.200. The van der Waals surface area contributed by atoms with Gasteiger partial charge in [-0.1, -0.05) is 0 Å². The van der Waals surface area contributed by atoms with Crippen molar-refractivity contribution < 1.29 is 0 Å². The Morgan fingerprint density at radius 3 is 2.77 bits per heavy atom. The third-order valence-corrected chi connectivity index (χ3v) is 2.60. The predicted octanol–water partition coefficient (Wildman–Crippen LogP) is 0.360. The molecule has 0 spiro atoms. The zero-order valence-corrected chi connectivity index (χ0v) is 9.16. The molecule has 13 heavy (non-hydrogen) atoms. The van der Waals surface area contributed by atoms with Gasteiger partial charge in [-0.15, -0.1) is 0 Å². The number of likely N-dealkylation sites (N-methyl/N-ethyl adjacent to an activating group) is 1. The molecular formula is C10H23N3. The van der Waals surface area contributed by atoms with Crippen molar-refractivity contribution in [3.8, 4) is 0 Å². The molecule has 1 saturated heterocycles. The van der Waals surface area contributed by atoms with E-state index in [1.54, 1.807) is 0 Å². The lowest BCUT2D eigenvalue weighted by Gasteiger charge is -2.28. The smallest absolute Gasteiger partial charge is 0.0224 e. The summed E-state index contributed by atoms with van der Waals surface area (Å²) in [6.45, 7) is 5.55. The van der Waals surface area contributed by atoms with Gasteiger partial charge < -0.3 is 10.6 Å². The van der Waals surface area contributed by atoms with Gasteiger partial charge in [0.1, 0.15) is 0 Å². The number of rotatable bonds is 4. The third-order valence-electron chi connectivity index (χ3n) is 2.60. The molecule has 3 heteroatoms. The highest BCUT2D eigenvalue weighted by Gasteiger charge is 2.24. The third kappa shape index (κ3) is 3.63. The Labute approximate surface area is 81.9 Å². The first-order valence-electron chi connectivity index (χ1n) is 5.24. The van der Waals surface area contributed by atoms with Crippen LogP contribution in [0.25, 0.3) is 0 Å². The largest absolute Gasteiger partial charge is 0.327 e. The molecule has 0 aromatic carbocycles. The topological polar surface area (TPSA) is 32.5 Å². The summed E-state index contributed by atoms with van der Waals surface area (Å²) in [4.78, 5) is 4.80. The lowest BCUT2D eigenvalue weighted by atomic mass is 10.2. The maximum atomic E-state index is 5.81. The fraction of sp³-hybridized carbons (Fsp3) is 1.00. The molecule has 1 aliphatic heterocycles. The highest BCUT2D eigenvalue weighted by Crippen LogP contribution is 2.17. The normalized spacial score (nSPS) is 27.0. The summed E-state index contributed by atoms with van der Waals surface area (Å²) in [5.41, 5.74) is 5.81. The zero-order valence-electron chi connectivity index (χ0n) is 9.16. The van der Waals surface area contributed by atoms with Crippen LogP contribution in [0.3, 0.4) is 0 Å². The van der Waals surface area contributed by atoms with Crippen LogP contribution in [-0.4, -0.2) is 55.6 Å². The minimum Gasteiger partial charge on any atom is -0.327 e. The van der Waals surface area contributed by atoms with Crippen molar-refractivity contribution >= 4 is 0 Å². The summed E-state index contributed by atoms with van der Waals surface area (Å²) < 4.78 is 0. The molecule has 3 nitrogen and oxygen atoms in total. The molecule has 0 aromatic heterocycles. The van der Waals surface area contributed by atoms with Gasteiger partial charge in [0.25, 0.3) is 0 Å². The van der Waals surface area contributed by atoms with Crippen molar-refractivity contribution in [1.82, 2.24) is 9.80 Å². The Morgan fingerprint density at radius 1 is 1.54 bits per heavy atom. The molecule has 0 amide bonds. The van der Waals surface area contributed by atoms with E-state index in [4.69, 9.17) is 5.73 Å². The Morgan fingerprint density at radius 2 is 2.23 bits per heavy atom. The van der Waals surface area contributed by atoms with Crippen LogP contribution in [0.5, 0.6) is 0 Å². The van der Waals surface area contributed by atoms with E-state index in [1.165, 1.54) is 25.9 Å². The first-order valence-corrected chi connectivity index (χ1v) is 5.24. The summed E-state index contributed by atoms with van der Waals surface area (Å²) in [6.07, 6.45) is 2.68. The molecule has 0 saturated carbocycles. The van der Waals surface area contributed by atoms with Crippen LogP contribution >= 0.6 is 0 Å². The van der Waals surface area contributed by atoms with Crippen molar-refractivity contribution in [2.75, 3.05) is 33.7 Å². The van der Waals surface area contributed by atoms with Crippen molar-refractivity contribution in [3.05, 3.63) is 0 Å². The van der Waals surface area contributed by atoms with Crippen LogP contribution in [0.15, 0.2) is 0 Å². The summed E-state index contributed by atoms with van der Waals surface area (Å²) >= 11 is 0. The molecule has 78 valence electrons. The van der Waals surface area contributed by atoms with E-state index in [0.29, 0.717) is 6.04 Å². The average Bonchev–Trinajstić information content (AvgIpc) is 2.34. The van der Waals surface area contributed by atoms with E-state index in [2.05, 4.69) is 30.8 Å². The van der Waals surface area contributed by atoms with Crippen molar-refractivity contribution in [3.63, 3.8) is 0 Å². The molecular weight excluding hydrogens is 162 g/mol. The van der Waals surface area contributed by atoms with Gasteiger partial charge >= 0.3 is 0 Å². The van der Waals surface area contributed by atoms with Crippen LogP contribution in [0, 0.1) is 0 Å². The summed E-state index contributed by atoms with van der Waals surface area (Å²) in [6, 6.07) is 1.05. The standard InChI is InChI=1S/C10H23N3/c1-9(11)7-13-6-4-5-10(13)8-12(2)3/h9-10H,4-8,11H2,1-3H3/t9-,10?/m1/s1. The van der Waals surface area contributed by atoms with Gasteiger partial charge in [-0.2, -0.15) is 0 Å². The van der Waals surface area contributed by atoms with Crippen LogP contribution < -0.4 is 5.73 Å². The SMILES string of the molecule is C[C@@H](N)CN1CCCC1CN(C)C. The zero-order chi connectivity index (χ0) is 9.84. The minimum atomic E-state index is 0.308. The van der Waals surface area contributed by atoms with Crippen molar-refractivity contribution in [2.45, 2.75) is 31.8 Å². The lowest BCUT2D eigenvalue weighted by Crippen LogP contribution is -2.42. The van der Waals surface area contributed by atoms with Crippen LogP contribution in [0.2, 0.25) is 0 Å². The summed E-state index contributed by atoms with van der Waals surface area (Å²) in [5.74, 6) is 0. The molecule has 2 N–H and O–H groups in total. The maximum Gasteiger partial charge on any atom is 0.0224 e. The molecule has 2 atom stereocenters. The van der Waals surface area contributed by atoms with Gasteiger partial charge in [0.15, 0.2) is 0 Å². The Balaban J connectivity index is 2.35. The highest BCUT2D eigenvalue weighted by molar-refractivity contribution is 4.82. The molecule has 0 bridgehead atoms. The van der Waals surface area contributed by atoms with Gasteiger partial charge in [-0.05, 0) is 40.4 Å². The van der Waals surface area contributed by atoms with E-state index < -0.39 is 0 Å². The number of hydrogen-bond acceptors (Lipinski definition) is 3. The van der Waals surface area contributed by atoms with Crippen molar-refractivity contribution in [1.29, 1.82) is 0 Å². The van der Waals surface area contributed by atoms with Gasteiger partial charge in [0.2, 0.25) is 0 Å². The van der Waals surface area contributed by atoms with Crippen molar-refractivity contribution in [2.24, 2.45) is 5.73 Å². The Hall–Kier alpha value is -0.120. The molecule has 1 fully saturated rings. The van der Waals surface area contributed by atoms with E-state index in [-0.39, 0.29) is 0 Å². The second-order valence-corrected chi connectivity index (χ2v) is 4.53. The molecule has 0 aliphatic carbocycles. The number of hydrogen-bond donors (Lipinski definition) is 1. The fourth-order valence-electron chi connectivity index (χ4n) is 2.13. The summed E-state index contributed by atoms with van der Waals surface area (Å²) in [5, 5.41) is 0. The van der Waals surface area contributed by atoms with Gasteiger partial charge in [-0.25, -0.2) is 0 Å². The Bertz CT molecular complexity index is 129. The summed E-state index contributed by atoms with van der Waals surface area (Å²) in [7, 11) is 4.28. The molecule has 1 unspecified atom stereocenters. The predicted molar refractivity (Wildman–Crippen MR) is 56.8 cm³/mol. The number of nitrogens with two attached hydrogens (primary N) is 1. The molecule has 1 heterocycles. The van der Waals surface area contributed by atoms with Gasteiger partial charge in [0.05, 0.1) is 0 Å². The average molecular weight is 185 g/mol. The van der Waals surface area contributed by atoms with Gasteiger partial charge in [0, 0.05) is 25.2 Å². The monoisotopic (exact) mass is 185 g/mol. The van der Waals surface area contributed by atoms with Crippen LogP contribution in [-0.2, 0) is 0 Å².